The number of anilines is 1. The third kappa shape index (κ3) is 6.42. The minimum Gasteiger partial charge on any atom is -0.342 e. The third-order valence-corrected chi connectivity index (χ3v) is 5.40. The van der Waals surface area contributed by atoms with Gasteiger partial charge in [0.05, 0.1) is 6.54 Å². The van der Waals surface area contributed by atoms with Crippen LogP contribution in [0.4, 0.5) is 5.69 Å². The zero-order chi connectivity index (χ0) is 20.6. The molecule has 1 N–H and O–H groups in total. The molecule has 29 heavy (non-hydrogen) atoms. The summed E-state index contributed by atoms with van der Waals surface area (Å²) in [6.07, 6.45) is 6.80. The number of likely N-dealkylation sites (tertiary alicyclic amines) is 1. The van der Waals surface area contributed by atoms with E-state index in [2.05, 4.69) is 10.2 Å². The predicted molar refractivity (Wildman–Crippen MR) is 113 cm³/mol. The fourth-order valence-corrected chi connectivity index (χ4v) is 3.71. The number of hydrogen-bond acceptors (Lipinski definition) is 4. The van der Waals surface area contributed by atoms with Gasteiger partial charge in [-0.15, -0.1) is 0 Å². The Balaban J connectivity index is 1.43. The van der Waals surface area contributed by atoms with Crippen molar-refractivity contribution >= 4 is 29.5 Å². The average Bonchev–Trinajstić information content (AvgIpc) is 2.74. The zero-order valence-electron chi connectivity index (χ0n) is 17.1. The molecular weight excluding hydrogens is 368 g/mol. The van der Waals surface area contributed by atoms with Crippen LogP contribution in [0, 0.1) is 0 Å². The number of amides is 3. The Morgan fingerprint density at radius 1 is 0.897 bits per heavy atom. The summed E-state index contributed by atoms with van der Waals surface area (Å²) in [5.41, 5.74) is 1.63. The Bertz CT molecular complexity index is 746. The predicted octanol–water partition coefficient (Wildman–Crippen LogP) is 1.81. The first kappa shape index (κ1) is 21.0. The summed E-state index contributed by atoms with van der Waals surface area (Å²) < 4.78 is 0. The van der Waals surface area contributed by atoms with E-state index in [-0.39, 0.29) is 17.7 Å². The summed E-state index contributed by atoms with van der Waals surface area (Å²) in [6, 6.07) is 7.34. The van der Waals surface area contributed by atoms with Crippen molar-refractivity contribution in [1.82, 2.24) is 14.7 Å². The molecule has 2 saturated heterocycles. The van der Waals surface area contributed by atoms with E-state index in [1.54, 1.807) is 12.2 Å². The van der Waals surface area contributed by atoms with E-state index >= 15 is 0 Å². The van der Waals surface area contributed by atoms with Gasteiger partial charge in [0.1, 0.15) is 0 Å². The molecule has 2 heterocycles. The van der Waals surface area contributed by atoms with Gasteiger partial charge in [-0.3, -0.25) is 19.3 Å². The number of piperidine rings is 1. The highest BCUT2D eigenvalue weighted by Crippen LogP contribution is 2.12. The van der Waals surface area contributed by atoms with Gasteiger partial charge in [0, 0.05) is 58.0 Å². The number of piperazine rings is 1. The molecule has 0 atom stereocenters. The van der Waals surface area contributed by atoms with Crippen LogP contribution in [-0.2, 0) is 14.4 Å². The van der Waals surface area contributed by atoms with Gasteiger partial charge in [-0.1, -0.05) is 12.1 Å². The molecule has 2 aliphatic rings. The number of carbonyl (C=O) groups excluding carboxylic acids is 3. The molecule has 0 spiro atoms. The van der Waals surface area contributed by atoms with Gasteiger partial charge in [0.25, 0.3) is 0 Å². The highest BCUT2D eigenvalue weighted by molar-refractivity contribution is 5.92. The quantitative estimate of drug-likeness (QED) is 0.768. The Morgan fingerprint density at radius 3 is 2.17 bits per heavy atom. The van der Waals surface area contributed by atoms with E-state index < -0.39 is 0 Å². The lowest BCUT2D eigenvalue weighted by molar-refractivity contribution is -0.134. The number of benzene rings is 1. The van der Waals surface area contributed by atoms with Gasteiger partial charge in [-0.2, -0.15) is 0 Å². The maximum atomic E-state index is 12.4. The number of carbonyl (C=O) groups is 3. The van der Waals surface area contributed by atoms with Crippen molar-refractivity contribution in [1.29, 1.82) is 0 Å². The fraction of sp³-hybridized carbons (Fsp3) is 0.500. The molecule has 0 saturated carbocycles. The van der Waals surface area contributed by atoms with Gasteiger partial charge >= 0.3 is 0 Å². The topological polar surface area (TPSA) is 73.0 Å². The lowest BCUT2D eigenvalue weighted by atomic mass is 10.1. The maximum Gasteiger partial charge on any atom is 0.246 e. The standard InChI is InChI=1S/C22H30N4O3/c1-18(27)23-20-8-5-19(6-9-20)7-10-21(28)26-15-13-24(14-16-26)17-22(29)25-11-3-2-4-12-25/h5-10H,2-4,11-17H2,1H3,(H,23,27)/b10-7+. The van der Waals surface area contributed by atoms with E-state index in [4.69, 9.17) is 0 Å². The average molecular weight is 399 g/mol. The molecule has 0 aliphatic carbocycles. The maximum absolute atomic E-state index is 12.4. The first-order chi connectivity index (χ1) is 14.0. The van der Waals surface area contributed by atoms with Crippen LogP contribution in [-0.4, -0.2) is 78.2 Å². The number of rotatable bonds is 5. The van der Waals surface area contributed by atoms with Crippen molar-refractivity contribution in [3.05, 3.63) is 35.9 Å². The number of nitrogens with zero attached hydrogens (tertiary/aromatic N) is 3. The Kier molecular flexibility index (Phi) is 7.41. The Hall–Kier alpha value is -2.67. The summed E-state index contributed by atoms with van der Waals surface area (Å²) >= 11 is 0. The lowest BCUT2D eigenvalue weighted by Crippen LogP contribution is -2.51. The molecule has 2 aliphatic heterocycles. The van der Waals surface area contributed by atoms with Crippen molar-refractivity contribution in [3.63, 3.8) is 0 Å². The van der Waals surface area contributed by atoms with E-state index in [0.717, 1.165) is 50.3 Å². The minimum atomic E-state index is -0.111. The molecule has 2 fully saturated rings. The summed E-state index contributed by atoms with van der Waals surface area (Å²) in [5, 5.41) is 2.72. The second kappa shape index (κ2) is 10.2. The van der Waals surface area contributed by atoms with Gasteiger partial charge in [0.15, 0.2) is 0 Å². The molecule has 0 bridgehead atoms. The van der Waals surface area contributed by atoms with Gasteiger partial charge in [0.2, 0.25) is 17.7 Å². The molecule has 156 valence electrons. The van der Waals surface area contributed by atoms with Gasteiger partial charge < -0.3 is 15.1 Å². The Labute approximate surface area is 172 Å². The molecule has 7 heteroatoms. The minimum absolute atomic E-state index is 0.0158. The molecule has 7 nitrogen and oxygen atoms in total. The second-order valence-corrected chi connectivity index (χ2v) is 7.68. The van der Waals surface area contributed by atoms with Crippen molar-refractivity contribution in [2.24, 2.45) is 0 Å². The summed E-state index contributed by atoms with van der Waals surface area (Å²) in [6.45, 7) is 6.42. The van der Waals surface area contributed by atoms with Crippen molar-refractivity contribution in [3.8, 4) is 0 Å². The largest absolute Gasteiger partial charge is 0.342 e. The monoisotopic (exact) mass is 398 g/mol. The highest BCUT2D eigenvalue weighted by atomic mass is 16.2. The molecular formula is C22H30N4O3. The van der Waals surface area contributed by atoms with Gasteiger partial charge in [-0.05, 0) is 43.0 Å². The molecule has 3 amide bonds. The third-order valence-electron chi connectivity index (χ3n) is 5.40. The van der Waals surface area contributed by atoms with E-state index in [9.17, 15) is 14.4 Å². The van der Waals surface area contributed by atoms with Crippen LogP contribution in [0.15, 0.2) is 30.3 Å². The molecule has 1 aromatic rings. The second-order valence-electron chi connectivity index (χ2n) is 7.68. The van der Waals surface area contributed by atoms with Crippen LogP contribution in [0.2, 0.25) is 0 Å². The van der Waals surface area contributed by atoms with Crippen molar-refractivity contribution in [2.75, 3.05) is 51.1 Å². The van der Waals surface area contributed by atoms with Crippen LogP contribution in [0.1, 0.15) is 31.7 Å². The van der Waals surface area contributed by atoms with Crippen molar-refractivity contribution in [2.45, 2.75) is 26.2 Å². The molecule has 0 aromatic heterocycles. The lowest BCUT2D eigenvalue weighted by Gasteiger charge is -2.35. The highest BCUT2D eigenvalue weighted by Gasteiger charge is 2.24. The fourth-order valence-electron chi connectivity index (χ4n) is 3.71. The van der Waals surface area contributed by atoms with Crippen LogP contribution in [0.3, 0.4) is 0 Å². The first-order valence-corrected chi connectivity index (χ1v) is 10.4. The molecule has 1 aromatic carbocycles. The van der Waals surface area contributed by atoms with Crippen LogP contribution >= 0.6 is 0 Å². The van der Waals surface area contributed by atoms with Crippen molar-refractivity contribution < 1.29 is 14.4 Å². The number of nitrogens with one attached hydrogen (secondary N) is 1. The number of hydrogen-bond donors (Lipinski definition) is 1. The summed E-state index contributed by atoms with van der Waals surface area (Å²) in [7, 11) is 0. The van der Waals surface area contributed by atoms with Gasteiger partial charge in [-0.25, -0.2) is 0 Å². The SMILES string of the molecule is CC(=O)Nc1ccc(/C=C/C(=O)N2CCN(CC(=O)N3CCCCC3)CC2)cc1. The Morgan fingerprint density at radius 2 is 1.55 bits per heavy atom. The normalized spacial score (nSPS) is 18.1. The van der Waals surface area contributed by atoms with E-state index in [0.29, 0.717) is 19.6 Å². The van der Waals surface area contributed by atoms with E-state index in [1.807, 2.05) is 34.1 Å². The van der Waals surface area contributed by atoms with Crippen LogP contribution in [0.5, 0.6) is 0 Å². The first-order valence-electron chi connectivity index (χ1n) is 10.4. The zero-order valence-corrected chi connectivity index (χ0v) is 17.1. The van der Waals surface area contributed by atoms with Crippen LogP contribution in [0.25, 0.3) is 6.08 Å². The van der Waals surface area contributed by atoms with E-state index in [1.165, 1.54) is 13.3 Å². The van der Waals surface area contributed by atoms with Crippen LogP contribution < -0.4 is 5.32 Å². The molecule has 3 rings (SSSR count). The smallest absolute Gasteiger partial charge is 0.246 e. The molecule has 0 radical (unpaired) electrons. The summed E-state index contributed by atoms with van der Waals surface area (Å²) in [4.78, 5) is 41.8. The summed E-state index contributed by atoms with van der Waals surface area (Å²) in [5.74, 6) is 0.0882. The molecule has 0 unspecified atom stereocenters.